The van der Waals surface area contributed by atoms with Crippen LogP contribution in [0.1, 0.15) is 25.7 Å². The number of nitrogens with zero attached hydrogens (tertiary/aromatic N) is 1. The van der Waals surface area contributed by atoms with Gasteiger partial charge in [-0.3, -0.25) is 4.79 Å². The molecule has 1 aliphatic carbocycles. The van der Waals surface area contributed by atoms with Crippen LogP contribution in [-0.2, 0) is 14.3 Å². The number of carbonyl (C=O) groups excluding carboxylic acids is 1. The Hall–Kier alpha value is -1.62. The SMILES string of the molecule is COCC1=CC=CCC1.O=CN1CCCC1C(=O)O. The molecule has 0 aromatic heterocycles. The van der Waals surface area contributed by atoms with Crippen LogP contribution >= 0.6 is 0 Å². The highest BCUT2D eigenvalue weighted by molar-refractivity contribution is 5.76. The summed E-state index contributed by atoms with van der Waals surface area (Å²) in [5, 5.41) is 8.51. The van der Waals surface area contributed by atoms with Gasteiger partial charge in [-0.25, -0.2) is 4.79 Å². The number of methoxy groups -OCH3 is 1. The summed E-state index contributed by atoms with van der Waals surface area (Å²) in [5.41, 5.74) is 1.40. The zero-order chi connectivity index (χ0) is 14.1. The van der Waals surface area contributed by atoms with Crippen molar-refractivity contribution in [1.82, 2.24) is 4.90 Å². The minimum atomic E-state index is -0.899. The number of hydrogen-bond acceptors (Lipinski definition) is 3. The molecule has 5 nitrogen and oxygen atoms in total. The molecule has 0 radical (unpaired) electrons. The fourth-order valence-electron chi connectivity index (χ4n) is 2.14. The fourth-order valence-corrected chi connectivity index (χ4v) is 2.14. The van der Waals surface area contributed by atoms with Crippen molar-refractivity contribution in [3.8, 4) is 0 Å². The maximum atomic E-state index is 10.4. The van der Waals surface area contributed by atoms with Crippen LogP contribution in [0.2, 0.25) is 0 Å². The molecule has 5 heteroatoms. The van der Waals surface area contributed by atoms with Crippen LogP contribution in [0.25, 0.3) is 0 Å². The Morgan fingerprint density at radius 2 is 2.42 bits per heavy atom. The van der Waals surface area contributed by atoms with Gasteiger partial charge >= 0.3 is 5.97 Å². The number of amides is 1. The monoisotopic (exact) mass is 267 g/mol. The first kappa shape index (κ1) is 15.4. The van der Waals surface area contributed by atoms with Crippen LogP contribution < -0.4 is 0 Å². The molecule has 0 aromatic rings. The third kappa shape index (κ3) is 5.26. The second-order valence-corrected chi connectivity index (χ2v) is 4.56. The summed E-state index contributed by atoms with van der Waals surface area (Å²) < 4.78 is 4.98. The first-order chi connectivity index (χ1) is 9.19. The van der Waals surface area contributed by atoms with Gasteiger partial charge in [0.2, 0.25) is 6.41 Å². The highest BCUT2D eigenvalue weighted by atomic mass is 16.5. The topological polar surface area (TPSA) is 66.8 Å². The second-order valence-electron chi connectivity index (χ2n) is 4.56. The number of allylic oxidation sites excluding steroid dienone is 3. The summed E-state index contributed by atoms with van der Waals surface area (Å²) in [5.74, 6) is -0.899. The Morgan fingerprint density at radius 3 is 2.89 bits per heavy atom. The van der Waals surface area contributed by atoms with E-state index in [9.17, 15) is 9.59 Å². The average molecular weight is 267 g/mol. The third-order valence-electron chi connectivity index (χ3n) is 3.14. The van der Waals surface area contributed by atoms with E-state index >= 15 is 0 Å². The minimum absolute atomic E-state index is 0.572. The summed E-state index contributed by atoms with van der Waals surface area (Å²) >= 11 is 0. The molecule has 1 aliphatic heterocycles. The van der Waals surface area contributed by atoms with Crippen LogP contribution in [0, 0.1) is 0 Å². The first-order valence-corrected chi connectivity index (χ1v) is 6.46. The predicted octanol–water partition coefficient (Wildman–Crippen LogP) is 1.60. The molecule has 1 atom stereocenters. The number of carbonyl (C=O) groups is 2. The van der Waals surface area contributed by atoms with Crippen molar-refractivity contribution in [2.75, 3.05) is 20.3 Å². The van der Waals surface area contributed by atoms with E-state index in [2.05, 4.69) is 18.2 Å². The van der Waals surface area contributed by atoms with Gasteiger partial charge in [-0.05, 0) is 31.3 Å². The molecule has 0 spiro atoms. The van der Waals surface area contributed by atoms with Gasteiger partial charge in [0.15, 0.2) is 0 Å². The van der Waals surface area contributed by atoms with Crippen molar-refractivity contribution in [2.24, 2.45) is 0 Å². The maximum Gasteiger partial charge on any atom is 0.326 e. The van der Waals surface area contributed by atoms with E-state index in [0.29, 0.717) is 19.4 Å². The third-order valence-corrected chi connectivity index (χ3v) is 3.14. The number of likely N-dealkylation sites (tertiary alicyclic amines) is 1. The van der Waals surface area contributed by atoms with Crippen molar-refractivity contribution in [1.29, 1.82) is 0 Å². The van der Waals surface area contributed by atoms with Gasteiger partial charge in [0.25, 0.3) is 0 Å². The van der Waals surface area contributed by atoms with Gasteiger partial charge in [-0.2, -0.15) is 0 Å². The Balaban J connectivity index is 0.000000191. The number of carboxylic acids is 1. The number of hydrogen-bond donors (Lipinski definition) is 1. The number of aliphatic carboxylic acids is 1. The van der Waals surface area contributed by atoms with E-state index < -0.39 is 12.0 Å². The maximum absolute atomic E-state index is 10.4. The van der Waals surface area contributed by atoms with E-state index in [1.807, 2.05) is 0 Å². The standard InChI is InChI=1S/C8H12O.C6H9NO3/c1-9-7-8-5-3-2-4-6-8;8-4-7-3-1-2-5(7)6(9)10/h2-3,5H,4,6-7H2,1H3;4-5H,1-3H2,(H,9,10). The molecule has 2 rings (SSSR count). The number of carboxylic acid groups (broad SMARTS) is 1. The average Bonchev–Trinajstić information content (AvgIpc) is 2.89. The molecule has 1 heterocycles. The van der Waals surface area contributed by atoms with E-state index in [-0.39, 0.29) is 0 Å². The number of rotatable bonds is 4. The zero-order valence-corrected chi connectivity index (χ0v) is 11.2. The minimum Gasteiger partial charge on any atom is -0.480 e. The van der Waals surface area contributed by atoms with Crippen molar-refractivity contribution in [3.05, 3.63) is 23.8 Å². The molecular formula is C14H21NO4. The second kappa shape index (κ2) is 8.48. The molecular weight excluding hydrogens is 246 g/mol. The largest absolute Gasteiger partial charge is 0.480 e. The molecule has 1 amide bonds. The lowest BCUT2D eigenvalue weighted by Gasteiger charge is -2.14. The van der Waals surface area contributed by atoms with Gasteiger partial charge in [-0.1, -0.05) is 18.2 Å². The molecule has 1 fully saturated rings. The van der Waals surface area contributed by atoms with Crippen molar-refractivity contribution in [3.63, 3.8) is 0 Å². The quantitative estimate of drug-likeness (QED) is 0.786. The van der Waals surface area contributed by atoms with Crippen LogP contribution in [0.5, 0.6) is 0 Å². The molecule has 1 saturated heterocycles. The highest BCUT2D eigenvalue weighted by Crippen LogP contribution is 2.14. The molecule has 0 aromatic carbocycles. The predicted molar refractivity (Wildman–Crippen MR) is 71.8 cm³/mol. The summed E-state index contributed by atoms with van der Waals surface area (Å²) in [7, 11) is 1.74. The lowest BCUT2D eigenvalue weighted by atomic mass is 10.1. The van der Waals surface area contributed by atoms with Gasteiger partial charge in [0.1, 0.15) is 6.04 Å². The van der Waals surface area contributed by atoms with Gasteiger partial charge in [-0.15, -0.1) is 0 Å². The molecule has 1 N–H and O–H groups in total. The summed E-state index contributed by atoms with van der Waals surface area (Å²) in [6, 6.07) is -0.572. The van der Waals surface area contributed by atoms with Crippen molar-refractivity contribution < 1.29 is 19.4 Å². The molecule has 106 valence electrons. The van der Waals surface area contributed by atoms with Crippen LogP contribution in [0.15, 0.2) is 23.8 Å². The molecule has 1 unspecified atom stereocenters. The summed E-state index contributed by atoms with van der Waals surface area (Å²) in [6.45, 7) is 1.38. The Bertz CT molecular complexity index is 362. The van der Waals surface area contributed by atoms with Crippen LogP contribution in [0.4, 0.5) is 0 Å². The lowest BCUT2D eigenvalue weighted by Crippen LogP contribution is -2.34. The van der Waals surface area contributed by atoms with Crippen LogP contribution in [-0.4, -0.2) is 48.7 Å². The number of ether oxygens (including phenoxy) is 1. The normalized spacial score (nSPS) is 21.4. The van der Waals surface area contributed by atoms with E-state index in [4.69, 9.17) is 9.84 Å². The molecule has 2 aliphatic rings. The van der Waals surface area contributed by atoms with E-state index in [1.54, 1.807) is 7.11 Å². The van der Waals surface area contributed by atoms with Gasteiger partial charge in [0, 0.05) is 13.7 Å². The first-order valence-electron chi connectivity index (χ1n) is 6.46. The summed E-state index contributed by atoms with van der Waals surface area (Å²) in [4.78, 5) is 21.9. The molecule has 0 saturated carbocycles. The van der Waals surface area contributed by atoms with Crippen LogP contribution in [0.3, 0.4) is 0 Å². The van der Waals surface area contributed by atoms with Gasteiger partial charge < -0.3 is 14.7 Å². The zero-order valence-electron chi connectivity index (χ0n) is 11.2. The Labute approximate surface area is 113 Å². The smallest absolute Gasteiger partial charge is 0.326 e. The molecule has 0 bridgehead atoms. The van der Waals surface area contributed by atoms with Gasteiger partial charge in [0.05, 0.1) is 6.61 Å². The fraction of sp³-hybridized carbons (Fsp3) is 0.571. The highest BCUT2D eigenvalue weighted by Gasteiger charge is 2.28. The van der Waals surface area contributed by atoms with Crippen molar-refractivity contribution >= 4 is 12.4 Å². The lowest BCUT2D eigenvalue weighted by molar-refractivity contribution is -0.144. The van der Waals surface area contributed by atoms with Crippen molar-refractivity contribution in [2.45, 2.75) is 31.7 Å². The molecule has 19 heavy (non-hydrogen) atoms. The Kier molecular flexibility index (Phi) is 6.89. The summed E-state index contributed by atoms with van der Waals surface area (Å²) in [6.07, 6.45) is 10.7. The Morgan fingerprint density at radius 1 is 1.63 bits per heavy atom. The van der Waals surface area contributed by atoms with E-state index in [0.717, 1.165) is 13.0 Å². The van der Waals surface area contributed by atoms with E-state index in [1.165, 1.54) is 23.3 Å².